The zero-order valence-electron chi connectivity index (χ0n) is 10.5. The number of nitro benzene ring substituents is 1. The standard InChI is InChI=1S/C12H14N4O3/c1-14-10-5-11(15-3-2-9(17)7-15)12(16(18)19)4-8(10)6-13-14/h4-6,9,17H,2-3,7H2,1H3/t9-/m0/s1. The maximum atomic E-state index is 11.2. The van der Waals surface area contributed by atoms with Crippen LogP contribution >= 0.6 is 0 Å². The van der Waals surface area contributed by atoms with Crippen LogP contribution in [0.5, 0.6) is 0 Å². The van der Waals surface area contributed by atoms with Crippen LogP contribution in [0.3, 0.4) is 0 Å². The molecule has 1 atom stereocenters. The van der Waals surface area contributed by atoms with Crippen molar-refractivity contribution < 1.29 is 10.0 Å². The first-order valence-electron chi connectivity index (χ1n) is 6.09. The molecule has 0 spiro atoms. The highest BCUT2D eigenvalue weighted by Gasteiger charge is 2.27. The van der Waals surface area contributed by atoms with Crippen molar-refractivity contribution in [2.75, 3.05) is 18.0 Å². The molecular formula is C12H14N4O3. The van der Waals surface area contributed by atoms with Crippen LogP contribution in [-0.4, -0.2) is 39.0 Å². The van der Waals surface area contributed by atoms with E-state index in [-0.39, 0.29) is 10.6 Å². The first-order chi connectivity index (χ1) is 9.06. The molecule has 1 aliphatic rings. The third-order valence-corrected chi connectivity index (χ3v) is 3.54. The van der Waals surface area contributed by atoms with Gasteiger partial charge in [-0.25, -0.2) is 0 Å². The number of anilines is 1. The number of nitro groups is 1. The van der Waals surface area contributed by atoms with Gasteiger partial charge in [-0.15, -0.1) is 0 Å². The second-order valence-corrected chi connectivity index (χ2v) is 4.81. The van der Waals surface area contributed by atoms with Gasteiger partial charge in [-0.1, -0.05) is 0 Å². The molecule has 0 saturated carbocycles. The summed E-state index contributed by atoms with van der Waals surface area (Å²) in [6, 6.07) is 3.32. The Kier molecular flexibility index (Phi) is 2.63. The molecule has 3 rings (SSSR count). The fraction of sp³-hybridized carbons (Fsp3) is 0.417. The van der Waals surface area contributed by atoms with E-state index in [1.165, 1.54) is 0 Å². The normalized spacial score (nSPS) is 19.3. The molecule has 1 N–H and O–H groups in total. The summed E-state index contributed by atoms with van der Waals surface area (Å²) in [5, 5.41) is 25.6. The second kappa shape index (κ2) is 4.20. The Morgan fingerprint density at radius 3 is 2.95 bits per heavy atom. The van der Waals surface area contributed by atoms with Crippen LogP contribution in [0.1, 0.15) is 6.42 Å². The SMILES string of the molecule is Cn1ncc2cc([N+](=O)[O-])c(N3CC[C@H](O)C3)cc21. The van der Waals surface area contributed by atoms with Gasteiger partial charge >= 0.3 is 0 Å². The molecule has 100 valence electrons. The first kappa shape index (κ1) is 11.9. The molecule has 2 aromatic rings. The van der Waals surface area contributed by atoms with E-state index < -0.39 is 6.10 Å². The third-order valence-electron chi connectivity index (χ3n) is 3.54. The summed E-state index contributed by atoms with van der Waals surface area (Å²) in [5.74, 6) is 0. The summed E-state index contributed by atoms with van der Waals surface area (Å²) in [6.07, 6.45) is 1.84. The summed E-state index contributed by atoms with van der Waals surface area (Å²) >= 11 is 0. The molecule has 1 aliphatic heterocycles. The summed E-state index contributed by atoms with van der Waals surface area (Å²) < 4.78 is 1.69. The molecule has 7 heteroatoms. The Labute approximate surface area is 109 Å². The quantitative estimate of drug-likeness (QED) is 0.646. The molecule has 1 fully saturated rings. The Balaban J connectivity index is 2.16. The molecule has 0 aliphatic carbocycles. The molecule has 0 unspecified atom stereocenters. The number of fused-ring (bicyclic) bond motifs is 1. The molecule has 1 aromatic heterocycles. The second-order valence-electron chi connectivity index (χ2n) is 4.81. The fourth-order valence-electron chi connectivity index (χ4n) is 2.54. The number of aliphatic hydroxyl groups excluding tert-OH is 1. The smallest absolute Gasteiger partial charge is 0.293 e. The molecule has 1 aromatic carbocycles. The van der Waals surface area contributed by atoms with Crippen molar-refractivity contribution in [3.05, 3.63) is 28.4 Å². The van der Waals surface area contributed by atoms with Crippen molar-refractivity contribution in [2.24, 2.45) is 7.05 Å². The highest BCUT2D eigenvalue weighted by atomic mass is 16.6. The predicted octanol–water partition coefficient (Wildman–Crippen LogP) is 1.05. The van der Waals surface area contributed by atoms with E-state index in [2.05, 4.69) is 5.10 Å². The number of aliphatic hydroxyl groups is 1. The van der Waals surface area contributed by atoms with Gasteiger partial charge in [0.1, 0.15) is 5.69 Å². The molecule has 1 saturated heterocycles. The first-order valence-corrected chi connectivity index (χ1v) is 6.09. The van der Waals surface area contributed by atoms with E-state index in [0.29, 0.717) is 25.2 Å². The largest absolute Gasteiger partial charge is 0.391 e. The van der Waals surface area contributed by atoms with Crippen molar-refractivity contribution in [3.63, 3.8) is 0 Å². The maximum Gasteiger partial charge on any atom is 0.293 e. The fourth-order valence-corrected chi connectivity index (χ4v) is 2.54. The minimum absolute atomic E-state index is 0.0644. The topological polar surface area (TPSA) is 84.4 Å². The number of hydrogen-bond acceptors (Lipinski definition) is 5. The van der Waals surface area contributed by atoms with Crippen LogP contribution in [0.4, 0.5) is 11.4 Å². The van der Waals surface area contributed by atoms with Crippen molar-refractivity contribution >= 4 is 22.3 Å². The van der Waals surface area contributed by atoms with Crippen LogP contribution in [0.15, 0.2) is 18.3 Å². The number of β-amino-alcohol motifs (C(OH)–C–C–N with tert-alkyl or cyclic N) is 1. The Hall–Kier alpha value is -2.15. The lowest BCUT2D eigenvalue weighted by Gasteiger charge is -2.17. The van der Waals surface area contributed by atoms with Crippen LogP contribution in [0, 0.1) is 10.1 Å². The van der Waals surface area contributed by atoms with Crippen molar-refractivity contribution in [1.29, 1.82) is 0 Å². The van der Waals surface area contributed by atoms with Crippen molar-refractivity contribution in [2.45, 2.75) is 12.5 Å². The van der Waals surface area contributed by atoms with E-state index >= 15 is 0 Å². The summed E-state index contributed by atoms with van der Waals surface area (Å²) in [7, 11) is 1.80. The summed E-state index contributed by atoms with van der Waals surface area (Å²) in [6.45, 7) is 1.07. The van der Waals surface area contributed by atoms with Gasteiger partial charge in [-0.2, -0.15) is 5.10 Å². The lowest BCUT2D eigenvalue weighted by atomic mass is 10.2. The van der Waals surface area contributed by atoms with Crippen LogP contribution in [-0.2, 0) is 7.05 Å². The maximum absolute atomic E-state index is 11.2. The average Bonchev–Trinajstić information content (AvgIpc) is 2.95. The Morgan fingerprint density at radius 1 is 1.53 bits per heavy atom. The number of aromatic nitrogens is 2. The third kappa shape index (κ3) is 1.91. The number of hydrogen-bond donors (Lipinski definition) is 1. The molecular weight excluding hydrogens is 248 g/mol. The van der Waals surface area contributed by atoms with E-state index in [0.717, 1.165) is 10.9 Å². The number of benzene rings is 1. The van der Waals surface area contributed by atoms with Gasteiger partial charge in [-0.05, 0) is 12.5 Å². The van der Waals surface area contributed by atoms with Gasteiger partial charge < -0.3 is 10.0 Å². The molecule has 0 bridgehead atoms. The zero-order valence-corrected chi connectivity index (χ0v) is 10.5. The molecule has 0 radical (unpaired) electrons. The highest BCUT2D eigenvalue weighted by Crippen LogP contribution is 2.34. The van der Waals surface area contributed by atoms with Crippen molar-refractivity contribution in [3.8, 4) is 0 Å². The van der Waals surface area contributed by atoms with Gasteiger partial charge in [0, 0.05) is 31.6 Å². The minimum atomic E-state index is -0.415. The van der Waals surface area contributed by atoms with Crippen LogP contribution in [0.2, 0.25) is 0 Å². The predicted molar refractivity (Wildman–Crippen MR) is 70.2 cm³/mol. The van der Waals surface area contributed by atoms with E-state index in [4.69, 9.17) is 0 Å². The molecule has 19 heavy (non-hydrogen) atoms. The van der Waals surface area contributed by atoms with Gasteiger partial charge in [0.25, 0.3) is 5.69 Å². The lowest BCUT2D eigenvalue weighted by Crippen LogP contribution is -2.22. The Bertz CT molecular complexity index is 652. The summed E-state index contributed by atoms with van der Waals surface area (Å²) in [4.78, 5) is 12.7. The van der Waals surface area contributed by atoms with Crippen LogP contribution in [0.25, 0.3) is 10.9 Å². The molecule has 0 amide bonds. The van der Waals surface area contributed by atoms with Crippen molar-refractivity contribution in [1.82, 2.24) is 9.78 Å². The lowest BCUT2D eigenvalue weighted by molar-refractivity contribution is -0.384. The monoisotopic (exact) mass is 262 g/mol. The Morgan fingerprint density at radius 2 is 2.32 bits per heavy atom. The molecule has 7 nitrogen and oxygen atoms in total. The zero-order chi connectivity index (χ0) is 13.6. The van der Waals surface area contributed by atoms with Gasteiger partial charge in [0.2, 0.25) is 0 Å². The average molecular weight is 262 g/mol. The minimum Gasteiger partial charge on any atom is -0.391 e. The highest BCUT2D eigenvalue weighted by molar-refractivity contribution is 5.88. The van der Waals surface area contributed by atoms with Gasteiger partial charge in [0.15, 0.2) is 0 Å². The van der Waals surface area contributed by atoms with Gasteiger partial charge in [-0.3, -0.25) is 14.8 Å². The summed E-state index contributed by atoms with van der Waals surface area (Å²) in [5.41, 5.74) is 1.47. The number of aryl methyl sites for hydroxylation is 1. The van der Waals surface area contributed by atoms with E-state index in [9.17, 15) is 15.2 Å². The number of rotatable bonds is 2. The number of nitrogens with zero attached hydrogens (tertiary/aromatic N) is 4. The molecule has 2 heterocycles. The van der Waals surface area contributed by atoms with Gasteiger partial charge in [0.05, 0.1) is 22.7 Å². The van der Waals surface area contributed by atoms with E-state index in [1.54, 1.807) is 30.1 Å². The van der Waals surface area contributed by atoms with E-state index in [1.807, 2.05) is 4.90 Å². The van der Waals surface area contributed by atoms with Crippen LogP contribution < -0.4 is 4.90 Å².